The monoisotopic (exact) mass is 354 g/mol. The molecule has 0 aliphatic rings. The van der Waals surface area contributed by atoms with E-state index in [2.05, 4.69) is 30.9 Å². The van der Waals surface area contributed by atoms with E-state index in [-0.39, 0.29) is 24.8 Å². The maximum atomic E-state index is 5.72. The Morgan fingerprint density at radius 2 is 1.96 bits per heavy atom. The summed E-state index contributed by atoms with van der Waals surface area (Å²) in [6.45, 7) is 1.76. The van der Waals surface area contributed by atoms with Gasteiger partial charge in [0.2, 0.25) is 0 Å². The lowest BCUT2D eigenvalue weighted by molar-refractivity contribution is 0.926. The molecule has 0 atom stereocenters. The Labute approximate surface area is 145 Å². The number of benzene rings is 1. The second-order valence-corrected chi connectivity index (χ2v) is 4.38. The lowest BCUT2D eigenvalue weighted by Gasteiger charge is -2.00. The van der Waals surface area contributed by atoms with Crippen molar-refractivity contribution in [2.24, 2.45) is 5.10 Å². The zero-order valence-corrected chi connectivity index (χ0v) is 13.8. The molecular weight excluding hydrogens is 339 g/mol. The number of aromatic amines is 1. The number of hydrazone groups is 1. The van der Waals surface area contributed by atoms with Gasteiger partial charge < -0.3 is 5.84 Å². The second kappa shape index (κ2) is 8.16. The third-order valence-electron chi connectivity index (χ3n) is 2.97. The van der Waals surface area contributed by atoms with Crippen molar-refractivity contribution in [1.82, 2.24) is 25.1 Å². The van der Waals surface area contributed by atoms with Crippen LogP contribution in [0.1, 0.15) is 11.4 Å². The van der Waals surface area contributed by atoms with Crippen molar-refractivity contribution in [3.05, 3.63) is 47.9 Å². The number of aromatic nitrogens is 5. The van der Waals surface area contributed by atoms with Crippen LogP contribution in [0.2, 0.25) is 0 Å². The highest BCUT2D eigenvalue weighted by molar-refractivity contribution is 5.88. The number of hydrogen-bond acceptors (Lipinski definition) is 6. The van der Waals surface area contributed by atoms with Gasteiger partial charge in [-0.1, -0.05) is 30.3 Å². The molecule has 0 unspecified atom stereocenters. The van der Waals surface area contributed by atoms with Crippen LogP contribution in [0.4, 0.5) is 5.95 Å². The number of H-pyrrole nitrogens is 1. The molecule has 3 aromatic rings. The molecule has 4 N–H and O–H groups in total. The molecule has 0 radical (unpaired) electrons. The van der Waals surface area contributed by atoms with Gasteiger partial charge in [-0.05, 0) is 6.92 Å². The highest BCUT2D eigenvalue weighted by atomic mass is 35.5. The number of anilines is 1. The fourth-order valence-corrected chi connectivity index (χ4v) is 1.83. The molecule has 10 heteroatoms. The van der Waals surface area contributed by atoms with Crippen LogP contribution in [0.5, 0.6) is 0 Å². The summed E-state index contributed by atoms with van der Waals surface area (Å²) < 4.78 is 1.32. The van der Waals surface area contributed by atoms with Gasteiger partial charge in [0.15, 0.2) is 5.82 Å². The van der Waals surface area contributed by atoms with Gasteiger partial charge in [0.1, 0.15) is 0 Å². The van der Waals surface area contributed by atoms with Gasteiger partial charge in [-0.15, -0.1) is 35.0 Å². The summed E-state index contributed by atoms with van der Waals surface area (Å²) in [6, 6.07) is 9.89. The SMILES string of the molecule is Cc1nnc(NN=Cc2cn[nH]c2-c2ccccc2)n1N.Cl.Cl. The normalized spacial score (nSPS) is 10.1. The first-order valence-electron chi connectivity index (χ1n) is 6.30. The first kappa shape index (κ1) is 18.5. The summed E-state index contributed by atoms with van der Waals surface area (Å²) in [5.41, 5.74) is 5.53. The van der Waals surface area contributed by atoms with E-state index in [1.807, 2.05) is 30.3 Å². The van der Waals surface area contributed by atoms with Crippen molar-refractivity contribution in [2.45, 2.75) is 6.92 Å². The lowest BCUT2D eigenvalue weighted by Crippen LogP contribution is -2.13. The van der Waals surface area contributed by atoms with Crippen LogP contribution in [0.25, 0.3) is 11.3 Å². The minimum Gasteiger partial charge on any atom is -0.335 e. The first-order valence-corrected chi connectivity index (χ1v) is 6.30. The van der Waals surface area contributed by atoms with E-state index >= 15 is 0 Å². The molecule has 0 saturated carbocycles. The summed E-state index contributed by atoms with van der Waals surface area (Å²) in [5, 5.41) is 18.8. The molecule has 2 heterocycles. The Morgan fingerprint density at radius 3 is 2.61 bits per heavy atom. The topological polar surface area (TPSA) is 110 Å². The predicted octanol–water partition coefficient (Wildman–Crippen LogP) is 1.98. The summed E-state index contributed by atoms with van der Waals surface area (Å²) in [7, 11) is 0. The minimum absolute atomic E-state index is 0. The largest absolute Gasteiger partial charge is 0.335 e. The van der Waals surface area contributed by atoms with E-state index in [0.717, 1.165) is 16.8 Å². The molecule has 2 aromatic heterocycles. The fraction of sp³-hybridized carbons (Fsp3) is 0.0769. The molecule has 0 spiro atoms. The van der Waals surface area contributed by atoms with Crippen LogP contribution in [-0.4, -0.2) is 31.3 Å². The zero-order chi connectivity index (χ0) is 14.7. The van der Waals surface area contributed by atoms with Gasteiger partial charge in [0.05, 0.1) is 18.1 Å². The molecule has 0 aliphatic carbocycles. The van der Waals surface area contributed by atoms with Crippen LogP contribution in [0, 0.1) is 6.92 Å². The van der Waals surface area contributed by atoms with Gasteiger partial charge in [-0.2, -0.15) is 10.2 Å². The molecule has 0 fully saturated rings. The average molecular weight is 355 g/mol. The van der Waals surface area contributed by atoms with Gasteiger partial charge in [0.25, 0.3) is 5.95 Å². The van der Waals surface area contributed by atoms with E-state index < -0.39 is 0 Å². The standard InChI is InChI=1S/C13H14N8.2ClH/c1-9-17-20-13(21(9)14)19-16-8-11-7-15-18-12(11)10-5-3-2-4-6-10;;/h2-8H,14H2,1H3,(H,15,18)(H,19,20);2*1H. The van der Waals surface area contributed by atoms with E-state index in [9.17, 15) is 0 Å². The van der Waals surface area contributed by atoms with E-state index in [1.54, 1.807) is 19.3 Å². The van der Waals surface area contributed by atoms with Crippen LogP contribution < -0.4 is 11.3 Å². The Bertz CT molecular complexity index is 765. The molecule has 0 bridgehead atoms. The van der Waals surface area contributed by atoms with Crippen molar-refractivity contribution < 1.29 is 0 Å². The summed E-state index contributed by atoms with van der Waals surface area (Å²) >= 11 is 0. The number of rotatable bonds is 4. The Morgan fingerprint density at radius 1 is 1.22 bits per heavy atom. The van der Waals surface area contributed by atoms with Crippen LogP contribution >= 0.6 is 24.8 Å². The third kappa shape index (κ3) is 3.99. The first-order chi connectivity index (χ1) is 10.3. The molecular formula is C13H16Cl2N8. The Kier molecular flexibility index (Phi) is 6.55. The highest BCUT2D eigenvalue weighted by Crippen LogP contribution is 2.19. The van der Waals surface area contributed by atoms with Crippen molar-refractivity contribution >= 4 is 37.0 Å². The maximum absolute atomic E-state index is 5.72. The van der Waals surface area contributed by atoms with Gasteiger partial charge in [-0.25, -0.2) is 10.1 Å². The average Bonchev–Trinajstić information content (AvgIpc) is 3.10. The molecule has 0 saturated heterocycles. The predicted molar refractivity (Wildman–Crippen MR) is 94.6 cm³/mol. The number of nitrogen functional groups attached to an aromatic ring is 1. The fourth-order valence-electron chi connectivity index (χ4n) is 1.83. The number of nitrogens with zero attached hydrogens (tertiary/aromatic N) is 5. The summed E-state index contributed by atoms with van der Waals surface area (Å²) in [4.78, 5) is 0. The van der Waals surface area contributed by atoms with Crippen molar-refractivity contribution in [3.63, 3.8) is 0 Å². The number of halogens is 2. The molecule has 1 aromatic carbocycles. The molecule has 0 aliphatic heterocycles. The van der Waals surface area contributed by atoms with Crippen molar-refractivity contribution in [2.75, 3.05) is 11.3 Å². The van der Waals surface area contributed by atoms with E-state index in [4.69, 9.17) is 5.84 Å². The van der Waals surface area contributed by atoms with E-state index in [1.165, 1.54) is 4.68 Å². The van der Waals surface area contributed by atoms with E-state index in [0.29, 0.717) is 11.8 Å². The summed E-state index contributed by atoms with van der Waals surface area (Å²) in [5.74, 6) is 6.69. The number of nitrogens with two attached hydrogens (primary N) is 1. The van der Waals surface area contributed by atoms with Gasteiger partial charge in [0, 0.05) is 11.1 Å². The van der Waals surface area contributed by atoms with Crippen LogP contribution in [0.15, 0.2) is 41.6 Å². The quantitative estimate of drug-likeness (QED) is 0.377. The van der Waals surface area contributed by atoms with Gasteiger partial charge in [-0.3, -0.25) is 5.10 Å². The second-order valence-electron chi connectivity index (χ2n) is 4.38. The molecule has 8 nitrogen and oxygen atoms in total. The molecule has 3 rings (SSSR count). The minimum atomic E-state index is 0. The van der Waals surface area contributed by atoms with Crippen LogP contribution in [0.3, 0.4) is 0 Å². The smallest absolute Gasteiger partial charge is 0.263 e. The number of hydrogen-bond donors (Lipinski definition) is 3. The highest BCUT2D eigenvalue weighted by Gasteiger charge is 2.06. The van der Waals surface area contributed by atoms with Crippen molar-refractivity contribution in [3.8, 4) is 11.3 Å². The lowest BCUT2D eigenvalue weighted by atomic mass is 10.1. The van der Waals surface area contributed by atoms with Crippen molar-refractivity contribution in [1.29, 1.82) is 0 Å². The third-order valence-corrected chi connectivity index (χ3v) is 2.97. The van der Waals surface area contributed by atoms with Crippen LogP contribution in [-0.2, 0) is 0 Å². The molecule has 122 valence electrons. The number of nitrogens with one attached hydrogen (secondary N) is 2. The number of aryl methyl sites for hydroxylation is 1. The molecule has 0 amide bonds. The zero-order valence-electron chi connectivity index (χ0n) is 12.2. The Balaban J connectivity index is 0.00000132. The molecule has 23 heavy (non-hydrogen) atoms. The Hall–Kier alpha value is -2.58. The summed E-state index contributed by atoms with van der Waals surface area (Å²) in [6.07, 6.45) is 3.35. The van der Waals surface area contributed by atoms with Gasteiger partial charge >= 0.3 is 0 Å². The maximum Gasteiger partial charge on any atom is 0.263 e.